The summed E-state index contributed by atoms with van der Waals surface area (Å²) in [6.07, 6.45) is -0.372. The summed E-state index contributed by atoms with van der Waals surface area (Å²) in [4.78, 5) is 15.5. The molecule has 10 nitrogen and oxygen atoms in total. The van der Waals surface area contributed by atoms with Crippen LogP contribution in [-0.4, -0.2) is 83.4 Å². The van der Waals surface area contributed by atoms with Crippen LogP contribution in [0.4, 0.5) is 11.4 Å². The predicted octanol–water partition coefficient (Wildman–Crippen LogP) is 3.37. The number of hydrogen-bond donors (Lipinski definition) is 1. The van der Waals surface area contributed by atoms with Gasteiger partial charge in [-0.2, -0.15) is 4.31 Å². The van der Waals surface area contributed by atoms with Crippen molar-refractivity contribution < 1.29 is 32.2 Å². The molecule has 2 atom stereocenters. The molecule has 2 fully saturated rings. The minimum Gasteiger partial charge on any atom is -0.492 e. The lowest BCUT2D eigenvalue weighted by atomic mass is 10.1. The van der Waals surface area contributed by atoms with Gasteiger partial charge in [0.05, 0.1) is 54.9 Å². The number of carbonyl (C=O) groups excluding carboxylic acids is 1. The maximum absolute atomic E-state index is 13.2. The van der Waals surface area contributed by atoms with Crippen molar-refractivity contribution in [3.05, 3.63) is 42.0 Å². The van der Waals surface area contributed by atoms with Crippen molar-refractivity contribution in [3.8, 4) is 11.5 Å². The lowest BCUT2D eigenvalue weighted by Crippen LogP contribution is -2.48. The van der Waals surface area contributed by atoms with Crippen LogP contribution in [0.25, 0.3) is 0 Å². The molecule has 0 bridgehead atoms. The third kappa shape index (κ3) is 6.40. The van der Waals surface area contributed by atoms with Crippen molar-refractivity contribution in [1.82, 2.24) is 4.31 Å². The molecule has 38 heavy (non-hydrogen) atoms. The van der Waals surface area contributed by atoms with E-state index in [9.17, 15) is 13.2 Å². The number of carbonyl (C=O) groups is 1. The summed E-state index contributed by atoms with van der Waals surface area (Å²) in [7, 11) is -3.70. The Morgan fingerprint density at radius 3 is 2.18 bits per heavy atom. The van der Waals surface area contributed by atoms with Gasteiger partial charge in [-0.15, -0.1) is 0 Å². The summed E-state index contributed by atoms with van der Waals surface area (Å²) in [5, 5.41) is 2.91. The molecule has 2 heterocycles. The fourth-order valence-electron chi connectivity index (χ4n) is 4.69. The molecule has 4 rings (SSSR count). The molecule has 2 aliphatic heterocycles. The molecule has 2 aromatic carbocycles. The number of nitrogens with zero attached hydrogens (tertiary/aromatic N) is 2. The van der Waals surface area contributed by atoms with Gasteiger partial charge in [-0.25, -0.2) is 8.42 Å². The number of nitrogens with one attached hydrogen (secondary N) is 1. The quantitative estimate of drug-likeness (QED) is 0.509. The Labute approximate surface area is 224 Å². The molecular weight excluding hydrogens is 510 g/mol. The average molecular weight is 548 g/mol. The Balaban J connectivity index is 1.55. The molecule has 0 aromatic heterocycles. The third-order valence-electron chi connectivity index (χ3n) is 6.40. The van der Waals surface area contributed by atoms with E-state index in [4.69, 9.17) is 18.9 Å². The molecule has 0 unspecified atom stereocenters. The van der Waals surface area contributed by atoms with Gasteiger partial charge in [0.2, 0.25) is 10.0 Å². The number of ether oxygens (including phenoxy) is 4. The van der Waals surface area contributed by atoms with Gasteiger partial charge in [0.25, 0.3) is 5.91 Å². The van der Waals surface area contributed by atoms with Crippen LogP contribution >= 0.6 is 0 Å². The first-order valence-corrected chi connectivity index (χ1v) is 14.5. The highest BCUT2D eigenvalue weighted by Crippen LogP contribution is 2.39. The minimum atomic E-state index is -3.70. The predicted molar refractivity (Wildman–Crippen MR) is 145 cm³/mol. The number of hydrogen-bond acceptors (Lipinski definition) is 8. The van der Waals surface area contributed by atoms with Gasteiger partial charge in [-0.05, 0) is 52.0 Å². The van der Waals surface area contributed by atoms with E-state index in [0.29, 0.717) is 49.2 Å². The van der Waals surface area contributed by atoms with Crippen LogP contribution in [-0.2, 0) is 19.5 Å². The van der Waals surface area contributed by atoms with E-state index in [2.05, 4.69) is 10.2 Å². The van der Waals surface area contributed by atoms with E-state index in [1.165, 1.54) is 28.6 Å². The van der Waals surface area contributed by atoms with E-state index in [1.807, 2.05) is 33.8 Å². The van der Waals surface area contributed by atoms with E-state index in [-0.39, 0.29) is 36.1 Å². The van der Waals surface area contributed by atoms with E-state index >= 15 is 0 Å². The highest BCUT2D eigenvalue weighted by molar-refractivity contribution is 7.89. The molecule has 208 valence electrons. The minimum absolute atomic E-state index is 0.138. The second-order valence-corrected chi connectivity index (χ2v) is 11.3. The first kappa shape index (κ1) is 28.2. The van der Waals surface area contributed by atoms with Crippen LogP contribution in [0.5, 0.6) is 11.5 Å². The summed E-state index contributed by atoms with van der Waals surface area (Å²) in [5.74, 6) is 0.786. The van der Waals surface area contributed by atoms with Crippen LogP contribution < -0.4 is 19.7 Å². The number of benzene rings is 2. The highest BCUT2D eigenvalue weighted by Gasteiger charge is 2.32. The molecule has 2 aromatic rings. The molecule has 0 radical (unpaired) electrons. The van der Waals surface area contributed by atoms with Crippen molar-refractivity contribution >= 4 is 27.3 Å². The zero-order valence-electron chi connectivity index (χ0n) is 22.4. The largest absolute Gasteiger partial charge is 0.492 e. The van der Waals surface area contributed by atoms with Crippen LogP contribution in [0.2, 0.25) is 0 Å². The highest BCUT2D eigenvalue weighted by atomic mass is 32.2. The first-order valence-electron chi connectivity index (χ1n) is 13.1. The molecule has 1 N–H and O–H groups in total. The van der Waals surface area contributed by atoms with Gasteiger partial charge >= 0.3 is 0 Å². The van der Waals surface area contributed by atoms with Gasteiger partial charge in [-0.3, -0.25) is 4.79 Å². The Bertz CT molecular complexity index is 1200. The monoisotopic (exact) mass is 547 g/mol. The van der Waals surface area contributed by atoms with Gasteiger partial charge < -0.3 is 29.2 Å². The van der Waals surface area contributed by atoms with Crippen molar-refractivity contribution in [2.24, 2.45) is 0 Å². The number of rotatable bonds is 9. The molecule has 2 saturated heterocycles. The standard InChI is InChI=1S/C27H37N3O7S/c1-5-35-25-16-24(29-11-13-34-14-12-29)26(36-6-2)15-23(25)28-27(31)21-7-9-22(10-8-21)38(32,33)30-17-19(3)37-20(4)18-30/h7-10,15-16,19-20H,5-6,11-14,17-18H2,1-4H3,(H,28,31)/t19-,20-/m0/s1. The van der Waals surface area contributed by atoms with Crippen LogP contribution in [0, 0.1) is 0 Å². The van der Waals surface area contributed by atoms with E-state index < -0.39 is 10.0 Å². The zero-order chi connectivity index (χ0) is 27.3. The summed E-state index contributed by atoms with van der Waals surface area (Å²) >= 11 is 0. The molecular formula is C27H37N3O7S. The van der Waals surface area contributed by atoms with Gasteiger partial charge in [-0.1, -0.05) is 0 Å². The van der Waals surface area contributed by atoms with Gasteiger partial charge in [0, 0.05) is 43.9 Å². The molecule has 1 amide bonds. The summed E-state index contributed by atoms with van der Waals surface area (Å²) in [6.45, 7) is 11.7. The summed E-state index contributed by atoms with van der Waals surface area (Å²) < 4.78 is 50.7. The lowest BCUT2D eigenvalue weighted by molar-refractivity contribution is -0.0440. The Hall–Kier alpha value is -2.86. The Kier molecular flexibility index (Phi) is 9.14. The van der Waals surface area contributed by atoms with Crippen LogP contribution in [0.1, 0.15) is 38.1 Å². The summed E-state index contributed by atoms with van der Waals surface area (Å²) in [5.41, 5.74) is 1.69. The zero-order valence-corrected chi connectivity index (χ0v) is 23.3. The normalized spacial score (nSPS) is 20.7. The number of morpholine rings is 2. The van der Waals surface area contributed by atoms with Gasteiger partial charge in [0.1, 0.15) is 11.5 Å². The maximum atomic E-state index is 13.2. The van der Waals surface area contributed by atoms with E-state index in [1.54, 1.807) is 6.07 Å². The fourth-order valence-corrected chi connectivity index (χ4v) is 6.28. The number of anilines is 2. The topological polar surface area (TPSA) is 107 Å². The number of sulfonamides is 1. The van der Waals surface area contributed by atoms with Crippen molar-refractivity contribution in [2.75, 3.05) is 62.8 Å². The van der Waals surface area contributed by atoms with Crippen molar-refractivity contribution in [1.29, 1.82) is 0 Å². The molecule has 0 saturated carbocycles. The second-order valence-electron chi connectivity index (χ2n) is 9.34. The third-order valence-corrected chi connectivity index (χ3v) is 8.25. The second kappa shape index (κ2) is 12.3. The number of amides is 1. The SMILES string of the molecule is CCOc1cc(N2CCOCC2)c(OCC)cc1NC(=O)c1ccc(S(=O)(=O)N2C[C@H](C)O[C@@H](C)C2)cc1. The lowest BCUT2D eigenvalue weighted by Gasteiger charge is -2.34. The van der Waals surface area contributed by atoms with Crippen LogP contribution in [0.3, 0.4) is 0 Å². The first-order chi connectivity index (χ1) is 18.2. The maximum Gasteiger partial charge on any atom is 0.255 e. The van der Waals surface area contributed by atoms with Gasteiger partial charge in [0.15, 0.2) is 0 Å². The molecule has 0 spiro atoms. The molecule has 2 aliphatic rings. The molecule has 0 aliphatic carbocycles. The average Bonchev–Trinajstić information content (AvgIpc) is 2.90. The smallest absolute Gasteiger partial charge is 0.255 e. The molecule has 11 heteroatoms. The Morgan fingerprint density at radius 2 is 1.58 bits per heavy atom. The summed E-state index contributed by atoms with van der Waals surface area (Å²) in [6, 6.07) is 9.62. The van der Waals surface area contributed by atoms with E-state index in [0.717, 1.165) is 18.8 Å². The Morgan fingerprint density at radius 1 is 0.974 bits per heavy atom. The van der Waals surface area contributed by atoms with Crippen molar-refractivity contribution in [2.45, 2.75) is 44.8 Å². The van der Waals surface area contributed by atoms with Crippen molar-refractivity contribution in [3.63, 3.8) is 0 Å². The fraction of sp³-hybridized carbons (Fsp3) is 0.519. The van der Waals surface area contributed by atoms with Crippen LogP contribution in [0.15, 0.2) is 41.3 Å².